The van der Waals surface area contributed by atoms with Gasteiger partial charge in [0.1, 0.15) is 17.1 Å². The smallest absolute Gasteiger partial charge is 0.323 e. The molecule has 0 fully saturated rings. The minimum Gasteiger partial charge on any atom is -0.490 e. The molecule has 0 radical (unpaired) electrons. The summed E-state index contributed by atoms with van der Waals surface area (Å²) in [6.07, 6.45) is 1.72. The summed E-state index contributed by atoms with van der Waals surface area (Å²) >= 11 is 0. The predicted molar refractivity (Wildman–Crippen MR) is 201 cm³/mol. The average molecular weight is 715 g/mol. The Morgan fingerprint density at radius 3 is 2.56 bits per heavy atom. The van der Waals surface area contributed by atoms with E-state index < -0.39 is 18.2 Å². The topological polar surface area (TPSA) is 158 Å². The average Bonchev–Trinajstić information content (AvgIpc) is 3.44. The summed E-state index contributed by atoms with van der Waals surface area (Å²) in [6, 6.07) is 17.3. The molecule has 1 aliphatic heterocycles. The van der Waals surface area contributed by atoms with Gasteiger partial charge in [-0.2, -0.15) is 0 Å². The number of aliphatic hydroxyl groups excluding tert-OH is 1. The fourth-order valence-electron chi connectivity index (χ4n) is 6.30. The number of carbonyl (C=O) groups is 3. The van der Waals surface area contributed by atoms with Crippen LogP contribution in [0.2, 0.25) is 0 Å². The molecule has 2 heterocycles. The second-order valence-electron chi connectivity index (χ2n) is 13.6. The Labute approximate surface area is 304 Å². The van der Waals surface area contributed by atoms with Crippen LogP contribution >= 0.6 is 0 Å². The molecule has 13 nitrogen and oxygen atoms in total. The highest BCUT2D eigenvalue weighted by molar-refractivity contribution is 6.03. The summed E-state index contributed by atoms with van der Waals surface area (Å²) in [5.74, 6) is 0.241. The molecule has 0 saturated carbocycles. The van der Waals surface area contributed by atoms with E-state index in [9.17, 15) is 19.5 Å². The number of hydrogen-bond acceptors (Lipinski definition) is 8. The van der Waals surface area contributed by atoms with Crippen LogP contribution in [0.15, 0.2) is 65.2 Å². The van der Waals surface area contributed by atoms with Gasteiger partial charge in [0.2, 0.25) is 0 Å². The summed E-state index contributed by atoms with van der Waals surface area (Å²) in [4.78, 5) is 44.1. The molecule has 1 aromatic heterocycles. The van der Waals surface area contributed by atoms with E-state index in [4.69, 9.17) is 14.0 Å². The van der Waals surface area contributed by atoms with E-state index in [1.54, 1.807) is 55.8 Å². The summed E-state index contributed by atoms with van der Waals surface area (Å²) < 4.78 is 17.9. The van der Waals surface area contributed by atoms with Crippen molar-refractivity contribution in [2.24, 2.45) is 5.92 Å². The van der Waals surface area contributed by atoms with E-state index in [2.05, 4.69) is 21.1 Å². The molecule has 278 valence electrons. The Kier molecular flexibility index (Phi) is 12.7. The van der Waals surface area contributed by atoms with Gasteiger partial charge in [0.05, 0.1) is 36.1 Å². The van der Waals surface area contributed by atoms with Crippen LogP contribution in [0.25, 0.3) is 10.8 Å². The summed E-state index contributed by atoms with van der Waals surface area (Å²) in [7, 11) is 1.73. The van der Waals surface area contributed by atoms with Gasteiger partial charge in [-0.25, -0.2) is 9.59 Å². The Morgan fingerprint density at radius 1 is 1.04 bits per heavy atom. The van der Waals surface area contributed by atoms with Crippen LogP contribution in [0, 0.1) is 19.8 Å². The zero-order chi connectivity index (χ0) is 37.4. The van der Waals surface area contributed by atoms with E-state index >= 15 is 0 Å². The van der Waals surface area contributed by atoms with Crippen LogP contribution in [-0.2, 0) is 4.74 Å². The number of ether oxygens (including phenoxy) is 2. The van der Waals surface area contributed by atoms with Crippen molar-refractivity contribution in [3.63, 3.8) is 0 Å². The third kappa shape index (κ3) is 9.39. The predicted octanol–water partition coefficient (Wildman–Crippen LogP) is 7.05. The first-order chi connectivity index (χ1) is 24.9. The summed E-state index contributed by atoms with van der Waals surface area (Å²) in [5.41, 5.74) is 2.34. The number of benzene rings is 3. The minimum atomic E-state index is -0.555. The molecule has 13 heteroatoms. The number of aryl methyl sites for hydroxylation is 2. The molecule has 0 bridgehead atoms. The molecular formula is C39H50N6O7. The molecule has 0 spiro atoms. The van der Waals surface area contributed by atoms with Crippen molar-refractivity contribution in [2.45, 2.75) is 72.1 Å². The molecule has 5 amide bonds. The molecular weight excluding hydrogens is 664 g/mol. The molecule has 5 rings (SSSR count). The number of fused-ring (bicyclic) bond motifs is 2. The lowest BCUT2D eigenvalue weighted by molar-refractivity contribution is -0.0115. The highest BCUT2D eigenvalue weighted by Crippen LogP contribution is 2.29. The molecule has 3 aromatic carbocycles. The quantitative estimate of drug-likeness (QED) is 0.159. The van der Waals surface area contributed by atoms with Crippen LogP contribution in [0.1, 0.15) is 61.8 Å². The van der Waals surface area contributed by atoms with Gasteiger partial charge in [0, 0.05) is 43.7 Å². The number of amides is 5. The third-order valence-electron chi connectivity index (χ3n) is 9.41. The first-order valence-corrected chi connectivity index (χ1v) is 17.8. The van der Waals surface area contributed by atoms with Crippen molar-refractivity contribution in [3.05, 3.63) is 77.7 Å². The first-order valence-electron chi connectivity index (χ1n) is 17.8. The lowest BCUT2D eigenvalue weighted by Crippen LogP contribution is -2.48. The van der Waals surface area contributed by atoms with Gasteiger partial charge in [-0.1, -0.05) is 48.5 Å². The van der Waals surface area contributed by atoms with Crippen molar-refractivity contribution in [3.8, 4) is 5.75 Å². The first kappa shape index (κ1) is 38.1. The summed E-state index contributed by atoms with van der Waals surface area (Å²) in [5, 5.41) is 24.7. The molecule has 4 N–H and O–H groups in total. The van der Waals surface area contributed by atoms with Gasteiger partial charge in [-0.15, -0.1) is 0 Å². The van der Waals surface area contributed by atoms with Gasteiger partial charge in [-0.3, -0.25) is 4.79 Å². The molecule has 1 aliphatic rings. The van der Waals surface area contributed by atoms with E-state index in [0.717, 1.165) is 30.0 Å². The maximum Gasteiger partial charge on any atom is 0.323 e. The molecule has 52 heavy (non-hydrogen) atoms. The van der Waals surface area contributed by atoms with Crippen LogP contribution in [-0.4, -0.2) is 89.6 Å². The number of hydrogen-bond donors (Lipinski definition) is 4. The normalized spacial score (nSPS) is 19.2. The number of anilines is 3. The zero-order valence-corrected chi connectivity index (χ0v) is 30.8. The van der Waals surface area contributed by atoms with Gasteiger partial charge in [0.25, 0.3) is 5.91 Å². The Balaban J connectivity index is 1.37. The fraction of sp³-hybridized carbons (Fsp3) is 0.436. The standard InChI is InChI=1S/C39H50N6O7/c1-24-21-45(25(2)23-46)37(47)32-20-30(40-38(48)42-36-27(4)43-52-28(36)5)17-18-34(32)51-26(3)12-9-10-19-50-35(24)22-44(6)39(49)41-33-16-11-14-29-13-7-8-15-31(29)33/h7-8,11,13-18,20,24-26,35,46H,9-10,12,19,21-23H2,1-6H3,(H,41,49)(H2,40,42,48)/t24-,25+,26-,35+/m0/s1. The number of nitrogens with zero attached hydrogens (tertiary/aromatic N) is 3. The number of rotatable bonds is 7. The number of nitrogens with one attached hydrogen (secondary N) is 3. The lowest BCUT2D eigenvalue weighted by atomic mass is 10.0. The second kappa shape index (κ2) is 17.4. The van der Waals surface area contributed by atoms with Crippen molar-refractivity contribution in [1.82, 2.24) is 15.0 Å². The molecule has 0 aliphatic carbocycles. The highest BCUT2D eigenvalue weighted by Gasteiger charge is 2.31. The maximum absolute atomic E-state index is 14.5. The Morgan fingerprint density at radius 2 is 1.81 bits per heavy atom. The van der Waals surface area contributed by atoms with E-state index in [0.29, 0.717) is 40.9 Å². The van der Waals surface area contributed by atoms with Gasteiger partial charge in [0.15, 0.2) is 5.76 Å². The largest absolute Gasteiger partial charge is 0.490 e. The third-order valence-corrected chi connectivity index (χ3v) is 9.41. The Bertz CT molecular complexity index is 1840. The summed E-state index contributed by atoms with van der Waals surface area (Å²) in [6.45, 7) is 9.83. The highest BCUT2D eigenvalue weighted by atomic mass is 16.5. The number of carbonyl (C=O) groups excluding carboxylic acids is 3. The monoisotopic (exact) mass is 714 g/mol. The van der Waals surface area contributed by atoms with E-state index in [1.807, 2.05) is 56.3 Å². The maximum atomic E-state index is 14.5. The van der Waals surface area contributed by atoms with Gasteiger partial charge in [-0.05, 0) is 76.6 Å². The van der Waals surface area contributed by atoms with Crippen molar-refractivity contribution >= 4 is 45.8 Å². The van der Waals surface area contributed by atoms with Gasteiger partial charge < -0.3 is 44.9 Å². The molecule has 0 saturated heterocycles. The van der Waals surface area contributed by atoms with Crippen molar-refractivity contribution in [2.75, 3.05) is 49.3 Å². The molecule has 0 unspecified atom stereocenters. The second-order valence-corrected chi connectivity index (χ2v) is 13.6. The van der Waals surface area contributed by atoms with Gasteiger partial charge >= 0.3 is 12.1 Å². The van der Waals surface area contributed by atoms with Crippen molar-refractivity contribution in [1.29, 1.82) is 0 Å². The fourth-order valence-corrected chi connectivity index (χ4v) is 6.30. The van der Waals surface area contributed by atoms with Crippen LogP contribution < -0.4 is 20.7 Å². The van der Waals surface area contributed by atoms with E-state index in [1.165, 1.54) is 0 Å². The SMILES string of the molecule is Cc1noc(C)c1NC(=O)Nc1ccc2c(c1)C(=O)N([C@H](C)CO)C[C@H](C)[C@@H](CN(C)C(=O)Nc1cccc3ccccc13)OCCCC[C@H](C)O2. The number of likely N-dealkylation sites (N-methyl/N-ethyl adjacent to an activating group) is 1. The minimum absolute atomic E-state index is 0.210. The molecule has 4 atom stereocenters. The number of urea groups is 2. The number of aromatic nitrogens is 1. The van der Waals surface area contributed by atoms with Crippen LogP contribution in [0.3, 0.4) is 0 Å². The lowest BCUT2D eigenvalue weighted by Gasteiger charge is -2.35. The number of aliphatic hydroxyl groups is 1. The Hall–Kier alpha value is -5.14. The van der Waals surface area contributed by atoms with E-state index in [-0.39, 0.29) is 49.2 Å². The van der Waals surface area contributed by atoms with Crippen LogP contribution in [0.4, 0.5) is 26.7 Å². The van der Waals surface area contributed by atoms with Crippen molar-refractivity contribution < 1.29 is 33.5 Å². The van der Waals surface area contributed by atoms with Crippen LogP contribution in [0.5, 0.6) is 5.75 Å². The zero-order valence-electron chi connectivity index (χ0n) is 30.8. The molecule has 4 aromatic rings.